The lowest BCUT2D eigenvalue weighted by atomic mass is 10.0. The fourth-order valence-corrected chi connectivity index (χ4v) is 4.52. The Balaban J connectivity index is 2.31. The van der Waals surface area contributed by atoms with Crippen LogP contribution in [0.2, 0.25) is 0 Å². The number of non-ortho nitro benzene ring substituents is 1. The zero-order valence-corrected chi connectivity index (χ0v) is 22.6. The number of aliphatic carboxylic acids is 3. The van der Waals surface area contributed by atoms with Crippen LogP contribution in [0.3, 0.4) is 0 Å². The van der Waals surface area contributed by atoms with Gasteiger partial charge in [0.15, 0.2) is 0 Å². The number of rotatable bonds is 12. The summed E-state index contributed by atoms with van der Waals surface area (Å²) in [6, 6.07) is 5.42. The van der Waals surface area contributed by atoms with Crippen LogP contribution >= 0.6 is 0 Å². The van der Waals surface area contributed by atoms with Crippen molar-refractivity contribution in [3.05, 3.63) is 39.9 Å². The third-order valence-corrected chi connectivity index (χ3v) is 6.83. The van der Waals surface area contributed by atoms with Crippen LogP contribution in [0, 0.1) is 10.1 Å². The van der Waals surface area contributed by atoms with Gasteiger partial charge in [0.1, 0.15) is 0 Å². The number of likely N-dealkylation sites (N-methyl/N-ethyl adjacent to an activating group) is 2. The molecule has 39 heavy (non-hydrogen) atoms. The molecule has 1 atom stereocenters. The Bertz CT molecular complexity index is 946. The smallest absolute Gasteiger partial charge is 0.317 e. The molecule has 0 bridgehead atoms. The summed E-state index contributed by atoms with van der Waals surface area (Å²) in [5.74, 6) is -3.23. The summed E-state index contributed by atoms with van der Waals surface area (Å²) in [4.78, 5) is 55.0. The first-order valence-corrected chi connectivity index (χ1v) is 12.9. The quantitative estimate of drug-likeness (QED) is 0.225. The highest BCUT2D eigenvalue weighted by Crippen LogP contribution is 2.16. The van der Waals surface area contributed by atoms with Gasteiger partial charge in [-0.1, -0.05) is 12.1 Å². The molecule has 3 N–H and O–H groups in total. The monoisotopic (exact) mass is 552 g/mol. The molecular weight excluding hydrogens is 512 g/mol. The average Bonchev–Trinajstić information content (AvgIpc) is 2.85. The number of carboxylic acid groups (broad SMARTS) is 3. The lowest BCUT2D eigenvalue weighted by molar-refractivity contribution is -0.384. The van der Waals surface area contributed by atoms with Crippen molar-refractivity contribution >= 4 is 23.6 Å². The number of nitro groups is 1. The topological polar surface area (TPSA) is 171 Å². The van der Waals surface area contributed by atoms with Crippen LogP contribution in [0.1, 0.15) is 5.56 Å². The minimum Gasteiger partial charge on any atom is -0.480 e. The third-order valence-electron chi connectivity index (χ3n) is 6.83. The summed E-state index contributed by atoms with van der Waals surface area (Å²) in [6.45, 7) is 4.55. The van der Waals surface area contributed by atoms with Gasteiger partial charge in [0, 0.05) is 77.1 Å². The lowest BCUT2D eigenvalue weighted by Crippen LogP contribution is -2.52. The van der Waals surface area contributed by atoms with E-state index < -0.39 is 42.0 Å². The van der Waals surface area contributed by atoms with Gasteiger partial charge in [-0.2, -0.15) is 0 Å². The number of carboxylic acids is 3. The van der Waals surface area contributed by atoms with Crippen LogP contribution in [0.4, 0.5) is 5.69 Å². The highest BCUT2D eigenvalue weighted by molar-refractivity contribution is 5.72. The minimum atomic E-state index is -1.16. The van der Waals surface area contributed by atoms with Crippen molar-refractivity contribution in [2.75, 3.05) is 92.6 Å². The molecule has 0 spiro atoms. The van der Waals surface area contributed by atoms with E-state index in [2.05, 4.69) is 14.7 Å². The first-order chi connectivity index (χ1) is 18.4. The van der Waals surface area contributed by atoms with E-state index in [0.29, 0.717) is 38.3 Å². The van der Waals surface area contributed by atoms with Crippen LogP contribution in [-0.4, -0.2) is 161 Å². The summed E-state index contributed by atoms with van der Waals surface area (Å²) >= 11 is 0. The molecule has 218 valence electrons. The number of nitrogens with zero attached hydrogens (tertiary/aromatic N) is 6. The van der Waals surface area contributed by atoms with E-state index in [9.17, 15) is 39.8 Å². The van der Waals surface area contributed by atoms with E-state index in [-0.39, 0.29) is 18.7 Å². The van der Waals surface area contributed by atoms with Gasteiger partial charge in [0.05, 0.1) is 24.6 Å². The van der Waals surface area contributed by atoms with E-state index >= 15 is 0 Å². The van der Waals surface area contributed by atoms with Crippen molar-refractivity contribution < 1.29 is 34.6 Å². The largest absolute Gasteiger partial charge is 0.480 e. The second-order valence-corrected chi connectivity index (χ2v) is 10.1. The number of benzene rings is 1. The molecule has 1 unspecified atom stereocenters. The maximum atomic E-state index is 11.6. The van der Waals surface area contributed by atoms with Gasteiger partial charge in [-0.3, -0.25) is 39.2 Å². The predicted octanol–water partition coefficient (Wildman–Crippen LogP) is -0.457. The van der Waals surface area contributed by atoms with Gasteiger partial charge < -0.3 is 25.1 Å². The highest BCUT2D eigenvalue weighted by atomic mass is 16.6. The second-order valence-electron chi connectivity index (χ2n) is 10.1. The van der Waals surface area contributed by atoms with Crippen LogP contribution < -0.4 is 0 Å². The third kappa shape index (κ3) is 12.5. The average molecular weight is 553 g/mol. The molecule has 1 heterocycles. The van der Waals surface area contributed by atoms with Gasteiger partial charge in [0.2, 0.25) is 0 Å². The Morgan fingerprint density at radius 1 is 0.821 bits per heavy atom. The second kappa shape index (κ2) is 16.1. The summed E-state index contributed by atoms with van der Waals surface area (Å²) < 4.78 is 0. The summed E-state index contributed by atoms with van der Waals surface area (Å²) in [6.07, 6.45) is 0.286. The summed E-state index contributed by atoms with van der Waals surface area (Å²) in [5, 5.41) is 39.5. The Morgan fingerprint density at radius 2 is 1.28 bits per heavy atom. The molecule has 1 aliphatic rings. The molecular formula is C25H40N6O8. The van der Waals surface area contributed by atoms with Gasteiger partial charge in [0.25, 0.3) is 5.69 Å². The molecule has 0 amide bonds. The van der Waals surface area contributed by atoms with E-state index in [1.54, 1.807) is 12.1 Å². The normalized spacial score (nSPS) is 18.2. The molecule has 14 heteroatoms. The molecule has 0 aromatic heterocycles. The Morgan fingerprint density at radius 3 is 1.77 bits per heavy atom. The van der Waals surface area contributed by atoms with E-state index in [1.807, 2.05) is 19.0 Å². The van der Waals surface area contributed by atoms with Crippen molar-refractivity contribution in [2.24, 2.45) is 0 Å². The summed E-state index contributed by atoms with van der Waals surface area (Å²) in [7, 11) is 4.02. The zero-order valence-electron chi connectivity index (χ0n) is 22.6. The van der Waals surface area contributed by atoms with Crippen molar-refractivity contribution in [1.82, 2.24) is 24.5 Å². The SMILES string of the molecule is CN1CCN(C)CCN(CC(Cc2ccc([N+](=O)[O-])cc2)N(CC(=O)O)CC(=O)O)CCN(CC(=O)O)CC1. The Kier molecular flexibility index (Phi) is 13.2. The molecule has 1 fully saturated rings. The molecule has 1 saturated heterocycles. The fourth-order valence-electron chi connectivity index (χ4n) is 4.52. The van der Waals surface area contributed by atoms with Crippen LogP contribution in [-0.2, 0) is 20.8 Å². The maximum absolute atomic E-state index is 11.6. The lowest BCUT2D eigenvalue weighted by Gasteiger charge is -2.36. The predicted molar refractivity (Wildman–Crippen MR) is 143 cm³/mol. The van der Waals surface area contributed by atoms with Crippen LogP contribution in [0.15, 0.2) is 24.3 Å². The number of hydrogen-bond acceptors (Lipinski definition) is 10. The van der Waals surface area contributed by atoms with E-state index in [4.69, 9.17) is 0 Å². The number of nitro benzene ring substituents is 1. The molecule has 0 aliphatic carbocycles. The number of carbonyl (C=O) groups is 3. The zero-order chi connectivity index (χ0) is 28.9. The molecule has 1 aliphatic heterocycles. The fraction of sp³-hybridized carbons (Fsp3) is 0.640. The van der Waals surface area contributed by atoms with Crippen molar-refractivity contribution in [3.8, 4) is 0 Å². The molecule has 14 nitrogen and oxygen atoms in total. The number of hydrogen-bond donors (Lipinski definition) is 3. The molecule has 1 aromatic carbocycles. The van der Waals surface area contributed by atoms with E-state index in [1.165, 1.54) is 17.0 Å². The van der Waals surface area contributed by atoms with Crippen molar-refractivity contribution in [3.63, 3.8) is 0 Å². The van der Waals surface area contributed by atoms with E-state index in [0.717, 1.165) is 26.2 Å². The Hall–Kier alpha value is -3.17. The van der Waals surface area contributed by atoms with Gasteiger partial charge >= 0.3 is 17.9 Å². The first-order valence-electron chi connectivity index (χ1n) is 12.9. The molecule has 0 saturated carbocycles. The van der Waals surface area contributed by atoms with Gasteiger partial charge in [-0.25, -0.2) is 0 Å². The first kappa shape index (κ1) is 32.0. The standard InChI is InChI=1S/C25H40N6O8/c1-26-7-8-27(2)10-12-29(17-23(32)33)14-13-28(11-9-26)16-22(30(18-24(34)35)19-25(36)37)15-20-3-5-21(6-4-20)31(38)39/h3-6,22H,7-19H2,1-2H3,(H,32,33)(H,34,35)(H,36,37). The maximum Gasteiger partial charge on any atom is 0.317 e. The van der Waals surface area contributed by atoms with Gasteiger partial charge in [-0.15, -0.1) is 0 Å². The summed E-state index contributed by atoms with van der Waals surface area (Å²) in [5.41, 5.74) is 0.645. The van der Waals surface area contributed by atoms with Crippen LogP contribution in [0.5, 0.6) is 0 Å². The van der Waals surface area contributed by atoms with Gasteiger partial charge in [-0.05, 0) is 26.1 Å². The molecule has 2 rings (SSSR count). The minimum absolute atomic E-state index is 0.0708. The Labute approximate surface area is 228 Å². The van der Waals surface area contributed by atoms with Crippen molar-refractivity contribution in [1.29, 1.82) is 0 Å². The molecule has 0 radical (unpaired) electrons. The van der Waals surface area contributed by atoms with Crippen LogP contribution in [0.25, 0.3) is 0 Å². The highest BCUT2D eigenvalue weighted by Gasteiger charge is 2.27. The molecule has 1 aromatic rings. The van der Waals surface area contributed by atoms with Crippen molar-refractivity contribution in [2.45, 2.75) is 12.5 Å².